The highest BCUT2D eigenvalue weighted by Crippen LogP contribution is 2.23. The van der Waals surface area contributed by atoms with E-state index in [0.29, 0.717) is 30.6 Å². The molecule has 0 unspecified atom stereocenters. The van der Waals surface area contributed by atoms with Crippen LogP contribution >= 0.6 is 15.9 Å². The zero-order chi connectivity index (χ0) is 14.0. The second-order valence-corrected chi connectivity index (χ2v) is 5.52. The lowest BCUT2D eigenvalue weighted by Gasteiger charge is -2.30. The predicted octanol–water partition coefficient (Wildman–Crippen LogP) is 1.97. The molecule has 6 heteroatoms. The first kappa shape index (κ1) is 13.9. The number of carboxylic acid groups (broad SMARTS) is 1. The molecule has 3 N–H and O–H groups in total. The number of hydrogen-bond donors (Lipinski definition) is 2. The highest BCUT2D eigenvalue weighted by molar-refractivity contribution is 9.10. The number of piperidine rings is 1. The molecule has 1 aromatic carbocycles. The molecular formula is C13H15BrN2O3. The molecule has 1 saturated heterocycles. The Kier molecular flexibility index (Phi) is 4.09. The van der Waals surface area contributed by atoms with Gasteiger partial charge in [-0.15, -0.1) is 0 Å². The van der Waals surface area contributed by atoms with E-state index in [1.54, 1.807) is 23.1 Å². The van der Waals surface area contributed by atoms with Crippen LogP contribution in [0.5, 0.6) is 0 Å². The first-order valence-corrected chi connectivity index (χ1v) is 6.85. The number of anilines is 1. The van der Waals surface area contributed by atoms with Crippen molar-refractivity contribution in [2.24, 2.45) is 5.92 Å². The van der Waals surface area contributed by atoms with Crippen LogP contribution in [0.15, 0.2) is 22.7 Å². The molecule has 0 bridgehead atoms. The number of nitrogens with two attached hydrogens (primary N) is 1. The van der Waals surface area contributed by atoms with Gasteiger partial charge in [-0.2, -0.15) is 0 Å². The fraction of sp³-hybridized carbons (Fsp3) is 0.385. The van der Waals surface area contributed by atoms with Gasteiger partial charge in [0.25, 0.3) is 5.91 Å². The Bertz CT molecular complexity index is 519. The average Bonchev–Trinajstić information content (AvgIpc) is 2.41. The summed E-state index contributed by atoms with van der Waals surface area (Å²) in [6, 6.07) is 5.02. The molecule has 19 heavy (non-hydrogen) atoms. The van der Waals surface area contributed by atoms with Gasteiger partial charge in [-0.3, -0.25) is 9.59 Å². The molecular weight excluding hydrogens is 312 g/mol. The van der Waals surface area contributed by atoms with Gasteiger partial charge in [-0.1, -0.05) is 0 Å². The molecule has 5 nitrogen and oxygen atoms in total. The fourth-order valence-corrected chi connectivity index (χ4v) is 2.47. The maximum atomic E-state index is 12.3. The van der Waals surface area contributed by atoms with E-state index in [1.165, 1.54) is 0 Å². The zero-order valence-electron chi connectivity index (χ0n) is 10.3. The van der Waals surface area contributed by atoms with Gasteiger partial charge >= 0.3 is 5.97 Å². The quantitative estimate of drug-likeness (QED) is 0.814. The second-order valence-electron chi connectivity index (χ2n) is 4.66. The van der Waals surface area contributed by atoms with E-state index in [1.807, 2.05) is 0 Å². The van der Waals surface area contributed by atoms with Crippen LogP contribution in [-0.2, 0) is 4.79 Å². The molecule has 1 amide bonds. The minimum atomic E-state index is -0.840. The van der Waals surface area contributed by atoms with Crippen LogP contribution in [0.25, 0.3) is 0 Å². The van der Waals surface area contributed by atoms with Gasteiger partial charge in [0.05, 0.1) is 5.92 Å². The van der Waals surface area contributed by atoms with Crippen molar-refractivity contribution in [1.29, 1.82) is 0 Å². The number of nitrogen functional groups attached to an aromatic ring is 1. The molecule has 0 saturated carbocycles. The van der Waals surface area contributed by atoms with Crippen LogP contribution in [0.2, 0.25) is 0 Å². The molecule has 1 heterocycles. The number of hydrogen-bond acceptors (Lipinski definition) is 3. The smallest absolute Gasteiger partial charge is 0.308 e. The number of carbonyl (C=O) groups excluding carboxylic acids is 1. The van der Waals surface area contributed by atoms with E-state index in [2.05, 4.69) is 15.9 Å². The SMILES string of the molecule is Nc1cc(C(=O)N2CCC[C@@H](C(=O)O)C2)ccc1Br. The summed E-state index contributed by atoms with van der Waals surface area (Å²) in [5.41, 5.74) is 6.74. The maximum absolute atomic E-state index is 12.3. The van der Waals surface area contributed by atoms with Gasteiger partial charge in [0, 0.05) is 28.8 Å². The van der Waals surface area contributed by atoms with Crippen molar-refractivity contribution in [2.75, 3.05) is 18.8 Å². The predicted molar refractivity (Wildman–Crippen MR) is 74.8 cm³/mol. The largest absolute Gasteiger partial charge is 0.481 e. The van der Waals surface area contributed by atoms with Crippen LogP contribution in [0.1, 0.15) is 23.2 Å². The molecule has 1 aromatic rings. The lowest BCUT2D eigenvalue weighted by atomic mass is 9.97. The summed E-state index contributed by atoms with van der Waals surface area (Å²) in [6.07, 6.45) is 1.34. The Hall–Kier alpha value is -1.56. The highest BCUT2D eigenvalue weighted by Gasteiger charge is 2.28. The summed E-state index contributed by atoms with van der Waals surface area (Å²) in [4.78, 5) is 24.9. The van der Waals surface area contributed by atoms with E-state index >= 15 is 0 Å². The normalized spacial score (nSPS) is 19.2. The number of amides is 1. The molecule has 0 radical (unpaired) electrons. The van der Waals surface area contributed by atoms with Gasteiger partial charge in [0.1, 0.15) is 0 Å². The molecule has 1 aliphatic heterocycles. The first-order chi connectivity index (χ1) is 8.99. The number of benzene rings is 1. The van der Waals surface area contributed by atoms with Crippen LogP contribution in [0.4, 0.5) is 5.69 Å². The summed E-state index contributed by atoms with van der Waals surface area (Å²) in [5.74, 6) is -1.47. The van der Waals surface area contributed by atoms with Crippen molar-refractivity contribution in [1.82, 2.24) is 4.90 Å². The van der Waals surface area contributed by atoms with Crippen molar-refractivity contribution in [3.05, 3.63) is 28.2 Å². The number of carbonyl (C=O) groups is 2. The molecule has 1 fully saturated rings. The van der Waals surface area contributed by atoms with Gasteiger partial charge in [-0.05, 0) is 47.0 Å². The summed E-state index contributed by atoms with van der Waals surface area (Å²) >= 11 is 3.28. The topological polar surface area (TPSA) is 83.6 Å². The van der Waals surface area contributed by atoms with Gasteiger partial charge in [0.15, 0.2) is 0 Å². The third-order valence-electron chi connectivity index (χ3n) is 3.30. The Labute approximate surface area is 119 Å². The molecule has 0 aromatic heterocycles. The first-order valence-electron chi connectivity index (χ1n) is 6.06. The fourth-order valence-electron chi connectivity index (χ4n) is 2.22. The van der Waals surface area contributed by atoms with E-state index in [9.17, 15) is 9.59 Å². The minimum absolute atomic E-state index is 0.162. The molecule has 1 aliphatic rings. The zero-order valence-corrected chi connectivity index (χ0v) is 11.9. The number of nitrogens with zero attached hydrogens (tertiary/aromatic N) is 1. The monoisotopic (exact) mass is 326 g/mol. The average molecular weight is 327 g/mol. The second kappa shape index (κ2) is 5.61. The van der Waals surface area contributed by atoms with Crippen molar-refractivity contribution < 1.29 is 14.7 Å². The third-order valence-corrected chi connectivity index (χ3v) is 4.02. The summed E-state index contributed by atoms with van der Waals surface area (Å²) < 4.78 is 0.742. The standard InChI is InChI=1S/C13H15BrN2O3/c14-10-4-3-8(6-11(10)15)12(17)16-5-1-2-9(7-16)13(18)19/h3-4,6,9H,1-2,5,7,15H2,(H,18,19)/t9-/m1/s1. The number of aliphatic carboxylic acids is 1. The Morgan fingerprint density at radius 3 is 2.79 bits per heavy atom. The maximum Gasteiger partial charge on any atom is 0.308 e. The molecule has 102 valence electrons. The summed E-state index contributed by atoms with van der Waals surface area (Å²) in [5, 5.41) is 9.02. The third kappa shape index (κ3) is 3.07. The Balaban J connectivity index is 2.14. The van der Waals surface area contributed by atoms with Crippen molar-refractivity contribution in [2.45, 2.75) is 12.8 Å². The van der Waals surface area contributed by atoms with Crippen LogP contribution in [-0.4, -0.2) is 35.0 Å². The van der Waals surface area contributed by atoms with E-state index < -0.39 is 11.9 Å². The number of rotatable bonds is 2. The van der Waals surface area contributed by atoms with Crippen molar-refractivity contribution >= 4 is 33.5 Å². The van der Waals surface area contributed by atoms with Gasteiger partial charge in [-0.25, -0.2) is 0 Å². The Morgan fingerprint density at radius 1 is 1.42 bits per heavy atom. The van der Waals surface area contributed by atoms with Crippen molar-refractivity contribution in [3.8, 4) is 0 Å². The lowest BCUT2D eigenvalue weighted by Crippen LogP contribution is -2.42. The summed E-state index contributed by atoms with van der Waals surface area (Å²) in [7, 11) is 0. The molecule has 0 aliphatic carbocycles. The number of carboxylic acids is 1. The Morgan fingerprint density at radius 2 is 2.16 bits per heavy atom. The van der Waals surface area contributed by atoms with Crippen LogP contribution in [0.3, 0.4) is 0 Å². The molecule has 1 atom stereocenters. The lowest BCUT2D eigenvalue weighted by molar-refractivity contribution is -0.143. The summed E-state index contributed by atoms with van der Waals surface area (Å²) in [6.45, 7) is 0.864. The van der Waals surface area contributed by atoms with E-state index in [0.717, 1.165) is 4.47 Å². The van der Waals surface area contributed by atoms with E-state index in [-0.39, 0.29) is 12.5 Å². The highest BCUT2D eigenvalue weighted by atomic mass is 79.9. The van der Waals surface area contributed by atoms with Crippen LogP contribution in [0, 0.1) is 5.92 Å². The van der Waals surface area contributed by atoms with Gasteiger partial charge < -0.3 is 15.7 Å². The molecule has 0 spiro atoms. The van der Waals surface area contributed by atoms with E-state index in [4.69, 9.17) is 10.8 Å². The van der Waals surface area contributed by atoms with Crippen LogP contribution < -0.4 is 5.73 Å². The number of halogens is 1. The van der Waals surface area contributed by atoms with Crippen molar-refractivity contribution in [3.63, 3.8) is 0 Å². The minimum Gasteiger partial charge on any atom is -0.481 e. The molecule has 2 rings (SSSR count). The number of likely N-dealkylation sites (tertiary alicyclic amines) is 1. The van der Waals surface area contributed by atoms with Gasteiger partial charge in [0.2, 0.25) is 0 Å².